The molecule has 0 bridgehead atoms. The molecule has 2 N–H and O–H groups in total. The topological polar surface area (TPSA) is 70.8 Å². The van der Waals surface area contributed by atoms with Crippen LogP contribution in [0.3, 0.4) is 0 Å². The summed E-state index contributed by atoms with van der Waals surface area (Å²) in [6.07, 6.45) is 2.64. The molecule has 5 heteroatoms. The van der Waals surface area contributed by atoms with Crippen molar-refractivity contribution in [2.24, 2.45) is 5.73 Å². The van der Waals surface area contributed by atoms with Crippen molar-refractivity contribution in [3.8, 4) is 5.75 Å². The fourth-order valence-corrected chi connectivity index (χ4v) is 3.44. The van der Waals surface area contributed by atoms with Gasteiger partial charge in [-0.05, 0) is 30.5 Å². The van der Waals surface area contributed by atoms with Gasteiger partial charge in [-0.25, -0.2) is 0 Å². The first kappa shape index (κ1) is 14.4. The highest BCUT2D eigenvalue weighted by Gasteiger charge is 2.49. The molecule has 0 unspecified atom stereocenters. The van der Waals surface area contributed by atoms with Crippen LogP contribution in [0.25, 0.3) is 0 Å². The predicted molar refractivity (Wildman–Crippen MR) is 77.0 cm³/mol. The van der Waals surface area contributed by atoms with Gasteiger partial charge in [-0.3, -0.25) is 4.79 Å². The number of carbonyl (C=O) groups is 1. The molecule has 1 heterocycles. The van der Waals surface area contributed by atoms with Crippen LogP contribution in [-0.4, -0.2) is 32.0 Å². The molecular formula is C16H21NO4. The number of carbonyl (C=O) groups excluding carboxylic acids is 1. The van der Waals surface area contributed by atoms with Crippen molar-refractivity contribution in [2.75, 3.05) is 20.3 Å². The third-order valence-corrected chi connectivity index (χ3v) is 4.77. The second-order valence-corrected chi connectivity index (χ2v) is 5.79. The second kappa shape index (κ2) is 5.31. The number of hydrogen-bond acceptors (Lipinski definition) is 4. The van der Waals surface area contributed by atoms with Crippen LogP contribution < -0.4 is 10.5 Å². The molecule has 0 atom stereocenters. The number of amides is 1. The SMILES string of the molecule is COc1cccc(C2(C(N)=O)CCC3(CC2)OCCO3)c1. The molecule has 114 valence electrons. The maximum Gasteiger partial charge on any atom is 0.228 e. The minimum atomic E-state index is -0.658. The van der Waals surface area contributed by atoms with Crippen LogP contribution >= 0.6 is 0 Å². The maximum atomic E-state index is 12.2. The Balaban J connectivity index is 1.89. The summed E-state index contributed by atoms with van der Waals surface area (Å²) in [7, 11) is 1.62. The van der Waals surface area contributed by atoms with Crippen molar-refractivity contribution in [2.45, 2.75) is 36.9 Å². The lowest BCUT2D eigenvalue weighted by atomic mass is 9.67. The minimum Gasteiger partial charge on any atom is -0.497 e. The molecule has 0 aromatic heterocycles. The standard InChI is InChI=1S/C16H21NO4/c1-19-13-4-2-3-12(11-13)15(14(17)18)5-7-16(8-6-15)20-9-10-21-16/h2-4,11H,5-10H2,1H3,(H2,17,18). The molecule has 1 spiro atoms. The number of methoxy groups -OCH3 is 1. The zero-order valence-corrected chi connectivity index (χ0v) is 12.3. The fraction of sp³-hybridized carbons (Fsp3) is 0.562. The lowest BCUT2D eigenvalue weighted by Crippen LogP contribution is -2.49. The molecule has 1 amide bonds. The molecule has 1 saturated carbocycles. The van der Waals surface area contributed by atoms with E-state index in [4.69, 9.17) is 19.9 Å². The summed E-state index contributed by atoms with van der Waals surface area (Å²) in [5, 5.41) is 0. The fourth-order valence-electron chi connectivity index (χ4n) is 3.44. The Hall–Kier alpha value is -1.59. The third-order valence-electron chi connectivity index (χ3n) is 4.77. The van der Waals surface area contributed by atoms with E-state index in [1.807, 2.05) is 24.3 Å². The van der Waals surface area contributed by atoms with Crippen LogP contribution in [0.15, 0.2) is 24.3 Å². The van der Waals surface area contributed by atoms with E-state index < -0.39 is 11.2 Å². The Bertz CT molecular complexity index is 527. The Morgan fingerprint density at radius 2 is 1.86 bits per heavy atom. The molecule has 2 fully saturated rings. The first-order chi connectivity index (χ1) is 10.1. The molecular weight excluding hydrogens is 270 g/mol. The summed E-state index contributed by atoms with van der Waals surface area (Å²) in [5.74, 6) is -0.0527. The molecule has 1 aromatic carbocycles. The average Bonchev–Trinajstić information content (AvgIpc) is 2.96. The van der Waals surface area contributed by atoms with Crippen molar-refractivity contribution >= 4 is 5.91 Å². The summed E-state index contributed by atoms with van der Waals surface area (Å²) in [5.41, 5.74) is 6.01. The van der Waals surface area contributed by atoms with Crippen LogP contribution in [0.2, 0.25) is 0 Å². The molecule has 21 heavy (non-hydrogen) atoms. The van der Waals surface area contributed by atoms with E-state index in [0.717, 1.165) is 11.3 Å². The van der Waals surface area contributed by atoms with E-state index >= 15 is 0 Å². The van der Waals surface area contributed by atoms with E-state index in [1.165, 1.54) is 0 Å². The molecule has 2 aliphatic rings. The molecule has 1 aliphatic heterocycles. The van der Waals surface area contributed by atoms with Gasteiger partial charge in [0.15, 0.2) is 5.79 Å². The van der Waals surface area contributed by atoms with Gasteiger partial charge in [0, 0.05) is 12.8 Å². The Morgan fingerprint density at radius 3 is 2.43 bits per heavy atom. The van der Waals surface area contributed by atoms with Gasteiger partial charge in [0.2, 0.25) is 5.91 Å². The average molecular weight is 291 g/mol. The molecule has 1 aromatic rings. The molecule has 5 nitrogen and oxygen atoms in total. The van der Waals surface area contributed by atoms with Crippen molar-refractivity contribution in [1.29, 1.82) is 0 Å². The lowest BCUT2D eigenvalue weighted by molar-refractivity contribution is -0.186. The number of benzene rings is 1. The van der Waals surface area contributed by atoms with E-state index in [9.17, 15) is 4.79 Å². The van der Waals surface area contributed by atoms with Gasteiger partial charge in [0.25, 0.3) is 0 Å². The van der Waals surface area contributed by atoms with Crippen molar-refractivity contribution in [3.63, 3.8) is 0 Å². The number of hydrogen-bond donors (Lipinski definition) is 1. The van der Waals surface area contributed by atoms with Crippen molar-refractivity contribution in [1.82, 2.24) is 0 Å². The first-order valence-electron chi connectivity index (χ1n) is 7.33. The van der Waals surface area contributed by atoms with Crippen LogP contribution in [0.4, 0.5) is 0 Å². The van der Waals surface area contributed by atoms with Crippen LogP contribution in [0, 0.1) is 0 Å². The highest BCUT2D eigenvalue weighted by atomic mass is 16.7. The molecule has 3 rings (SSSR count). The molecule has 0 radical (unpaired) electrons. The van der Waals surface area contributed by atoms with Gasteiger partial charge >= 0.3 is 0 Å². The van der Waals surface area contributed by atoms with Crippen molar-refractivity contribution in [3.05, 3.63) is 29.8 Å². The maximum absolute atomic E-state index is 12.2. The van der Waals surface area contributed by atoms with E-state index in [0.29, 0.717) is 38.9 Å². The van der Waals surface area contributed by atoms with Crippen LogP contribution in [-0.2, 0) is 19.7 Å². The van der Waals surface area contributed by atoms with E-state index in [-0.39, 0.29) is 5.91 Å². The Kier molecular flexibility index (Phi) is 3.63. The minimum absolute atomic E-state index is 0.288. The predicted octanol–water partition coefficient (Wildman–Crippen LogP) is 1.74. The van der Waals surface area contributed by atoms with Gasteiger partial charge in [-0.15, -0.1) is 0 Å². The Morgan fingerprint density at radius 1 is 1.19 bits per heavy atom. The number of ether oxygens (including phenoxy) is 3. The van der Waals surface area contributed by atoms with Gasteiger partial charge in [0.1, 0.15) is 5.75 Å². The van der Waals surface area contributed by atoms with Gasteiger partial charge in [-0.1, -0.05) is 12.1 Å². The number of nitrogens with two attached hydrogens (primary N) is 1. The highest BCUT2D eigenvalue weighted by Crippen LogP contribution is 2.46. The first-order valence-corrected chi connectivity index (χ1v) is 7.33. The van der Waals surface area contributed by atoms with Gasteiger partial charge in [-0.2, -0.15) is 0 Å². The molecule has 1 saturated heterocycles. The van der Waals surface area contributed by atoms with E-state index in [2.05, 4.69) is 0 Å². The smallest absolute Gasteiger partial charge is 0.228 e. The Labute approximate surface area is 124 Å². The number of rotatable bonds is 3. The summed E-state index contributed by atoms with van der Waals surface area (Å²) in [4.78, 5) is 12.2. The summed E-state index contributed by atoms with van der Waals surface area (Å²) in [6, 6.07) is 7.61. The second-order valence-electron chi connectivity index (χ2n) is 5.79. The summed E-state index contributed by atoms with van der Waals surface area (Å²) < 4.78 is 16.7. The normalized spacial score (nSPS) is 23.1. The summed E-state index contributed by atoms with van der Waals surface area (Å²) in [6.45, 7) is 1.26. The zero-order chi connectivity index (χ0) is 14.9. The third kappa shape index (κ3) is 2.40. The number of primary amides is 1. The largest absolute Gasteiger partial charge is 0.497 e. The van der Waals surface area contributed by atoms with E-state index in [1.54, 1.807) is 7.11 Å². The van der Waals surface area contributed by atoms with Gasteiger partial charge in [0.05, 0.1) is 25.7 Å². The summed E-state index contributed by atoms with van der Waals surface area (Å²) >= 11 is 0. The van der Waals surface area contributed by atoms with Crippen LogP contribution in [0.5, 0.6) is 5.75 Å². The zero-order valence-electron chi connectivity index (χ0n) is 12.3. The van der Waals surface area contributed by atoms with Crippen molar-refractivity contribution < 1.29 is 19.0 Å². The quantitative estimate of drug-likeness (QED) is 0.920. The molecule has 1 aliphatic carbocycles. The monoisotopic (exact) mass is 291 g/mol. The lowest BCUT2D eigenvalue weighted by Gasteiger charge is -2.42. The van der Waals surface area contributed by atoms with Crippen LogP contribution in [0.1, 0.15) is 31.2 Å². The highest BCUT2D eigenvalue weighted by molar-refractivity contribution is 5.87. The van der Waals surface area contributed by atoms with Gasteiger partial charge < -0.3 is 19.9 Å².